The van der Waals surface area contributed by atoms with E-state index in [1.807, 2.05) is 6.92 Å². The first-order valence-corrected chi connectivity index (χ1v) is 7.39. The molecule has 1 fully saturated rings. The van der Waals surface area contributed by atoms with Crippen molar-refractivity contribution in [2.75, 3.05) is 33.1 Å². The number of hydrogen-bond acceptors (Lipinski definition) is 5. The summed E-state index contributed by atoms with van der Waals surface area (Å²) in [5.41, 5.74) is 0. The van der Waals surface area contributed by atoms with Crippen LogP contribution in [0.3, 0.4) is 0 Å². The van der Waals surface area contributed by atoms with Gasteiger partial charge in [0.2, 0.25) is 5.91 Å². The normalized spacial score (nSPS) is 18.9. The molecule has 18 heavy (non-hydrogen) atoms. The van der Waals surface area contributed by atoms with Gasteiger partial charge in [-0.05, 0) is 32.9 Å². The highest BCUT2D eigenvalue weighted by atomic mass is 32.2. The molecule has 0 aromatic rings. The van der Waals surface area contributed by atoms with E-state index in [1.165, 1.54) is 0 Å². The molecule has 1 heterocycles. The number of thioether (sulfide) groups is 1. The van der Waals surface area contributed by atoms with E-state index in [1.54, 1.807) is 26.0 Å². The van der Waals surface area contributed by atoms with E-state index in [0.29, 0.717) is 11.0 Å². The number of amides is 1. The number of nitrogens with one attached hydrogen (secondary N) is 2. The third-order valence-electron chi connectivity index (χ3n) is 3.00. The fourth-order valence-electron chi connectivity index (χ4n) is 2.02. The minimum atomic E-state index is -0.391. The third-order valence-corrected chi connectivity index (χ3v) is 4.37. The molecule has 0 saturated carbocycles. The Morgan fingerprint density at radius 1 is 1.39 bits per heavy atom. The van der Waals surface area contributed by atoms with Gasteiger partial charge < -0.3 is 20.1 Å². The maximum Gasteiger partial charge on any atom is 0.230 e. The molecular weight excluding hydrogens is 252 g/mol. The van der Waals surface area contributed by atoms with Gasteiger partial charge in [0, 0.05) is 19.5 Å². The van der Waals surface area contributed by atoms with Gasteiger partial charge in [-0.2, -0.15) is 0 Å². The van der Waals surface area contributed by atoms with Gasteiger partial charge in [0.1, 0.15) is 0 Å². The van der Waals surface area contributed by atoms with Crippen LogP contribution in [-0.4, -0.2) is 56.6 Å². The van der Waals surface area contributed by atoms with Crippen molar-refractivity contribution in [3.8, 4) is 0 Å². The average molecular weight is 276 g/mol. The molecule has 1 atom stereocenters. The molecule has 0 radical (unpaired) electrons. The van der Waals surface area contributed by atoms with Crippen molar-refractivity contribution < 1.29 is 14.3 Å². The highest BCUT2D eigenvalue weighted by Gasteiger charge is 2.19. The number of carbonyl (C=O) groups is 1. The predicted molar refractivity (Wildman–Crippen MR) is 73.8 cm³/mol. The SMILES string of the molecule is COC(OC)C(C)NC(=O)CSC1CCNCC1. The van der Waals surface area contributed by atoms with Crippen molar-refractivity contribution in [1.29, 1.82) is 0 Å². The van der Waals surface area contributed by atoms with Gasteiger partial charge in [0.25, 0.3) is 0 Å². The zero-order valence-corrected chi connectivity index (χ0v) is 12.2. The topological polar surface area (TPSA) is 59.6 Å². The zero-order chi connectivity index (χ0) is 13.4. The van der Waals surface area contributed by atoms with E-state index < -0.39 is 6.29 Å². The first-order chi connectivity index (χ1) is 8.67. The molecule has 1 rings (SSSR count). The molecule has 0 spiro atoms. The molecule has 0 aromatic heterocycles. The van der Waals surface area contributed by atoms with Crippen LogP contribution in [0.5, 0.6) is 0 Å². The van der Waals surface area contributed by atoms with E-state index in [2.05, 4.69) is 10.6 Å². The summed E-state index contributed by atoms with van der Waals surface area (Å²) in [6, 6.07) is -0.138. The number of ether oxygens (including phenoxy) is 2. The maximum absolute atomic E-state index is 11.8. The number of hydrogen-bond donors (Lipinski definition) is 2. The summed E-state index contributed by atoms with van der Waals surface area (Å²) in [5.74, 6) is 0.556. The Hall–Kier alpha value is -0.300. The molecule has 2 N–H and O–H groups in total. The molecule has 0 aliphatic carbocycles. The number of rotatable bonds is 7. The lowest BCUT2D eigenvalue weighted by Crippen LogP contribution is -2.44. The van der Waals surface area contributed by atoms with Gasteiger partial charge in [0.05, 0.1) is 11.8 Å². The Bertz CT molecular complexity index is 243. The molecule has 1 unspecified atom stereocenters. The summed E-state index contributed by atoms with van der Waals surface area (Å²) < 4.78 is 10.2. The molecule has 0 bridgehead atoms. The Morgan fingerprint density at radius 2 is 2.00 bits per heavy atom. The zero-order valence-electron chi connectivity index (χ0n) is 11.4. The molecule has 6 heteroatoms. The highest BCUT2D eigenvalue weighted by molar-refractivity contribution is 8.00. The summed E-state index contributed by atoms with van der Waals surface area (Å²) >= 11 is 1.74. The first kappa shape index (κ1) is 15.8. The standard InChI is InChI=1S/C12H24N2O3S/c1-9(12(16-2)17-3)14-11(15)8-18-10-4-6-13-7-5-10/h9-10,12-13H,4-8H2,1-3H3,(H,14,15). The lowest BCUT2D eigenvalue weighted by Gasteiger charge is -2.24. The van der Waals surface area contributed by atoms with Crippen molar-refractivity contribution in [2.24, 2.45) is 0 Å². The fraction of sp³-hybridized carbons (Fsp3) is 0.917. The van der Waals surface area contributed by atoms with Gasteiger partial charge >= 0.3 is 0 Å². The van der Waals surface area contributed by atoms with E-state index in [9.17, 15) is 4.79 Å². The van der Waals surface area contributed by atoms with Crippen molar-refractivity contribution in [3.05, 3.63) is 0 Å². The Labute approximate surface area is 113 Å². The van der Waals surface area contributed by atoms with Crippen LogP contribution in [0.15, 0.2) is 0 Å². The summed E-state index contributed by atoms with van der Waals surface area (Å²) in [6.45, 7) is 4.00. The van der Waals surface area contributed by atoms with Crippen LogP contribution in [0.4, 0.5) is 0 Å². The van der Waals surface area contributed by atoms with Gasteiger partial charge in [-0.25, -0.2) is 0 Å². The average Bonchev–Trinajstić information content (AvgIpc) is 2.39. The minimum absolute atomic E-state index is 0.0464. The smallest absolute Gasteiger partial charge is 0.230 e. The van der Waals surface area contributed by atoms with Crippen LogP contribution in [0.1, 0.15) is 19.8 Å². The van der Waals surface area contributed by atoms with Crippen molar-refractivity contribution >= 4 is 17.7 Å². The molecule has 0 aromatic carbocycles. The number of methoxy groups -OCH3 is 2. The van der Waals surface area contributed by atoms with Gasteiger partial charge in [0.15, 0.2) is 6.29 Å². The van der Waals surface area contributed by atoms with Crippen molar-refractivity contribution in [3.63, 3.8) is 0 Å². The Morgan fingerprint density at radius 3 is 2.56 bits per heavy atom. The molecule has 1 amide bonds. The third kappa shape index (κ3) is 5.56. The van der Waals surface area contributed by atoms with Gasteiger partial charge in [-0.15, -0.1) is 11.8 Å². The highest BCUT2D eigenvalue weighted by Crippen LogP contribution is 2.19. The van der Waals surface area contributed by atoms with Crippen LogP contribution in [0, 0.1) is 0 Å². The lowest BCUT2D eigenvalue weighted by molar-refractivity contribution is -0.134. The molecular formula is C12H24N2O3S. The van der Waals surface area contributed by atoms with Crippen LogP contribution in [0.25, 0.3) is 0 Å². The molecule has 1 aliphatic rings. The van der Waals surface area contributed by atoms with E-state index in [0.717, 1.165) is 25.9 Å². The molecule has 1 aliphatic heterocycles. The van der Waals surface area contributed by atoms with Crippen LogP contribution in [0.2, 0.25) is 0 Å². The lowest BCUT2D eigenvalue weighted by atomic mass is 10.2. The monoisotopic (exact) mass is 276 g/mol. The minimum Gasteiger partial charge on any atom is -0.354 e. The predicted octanol–water partition coefficient (Wildman–Crippen LogP) is 0.595. The summed E-state index contributed by atoms with van der Waals surface area (Å²) in [5, 5.41) is 6.82. The van der Waals surface area contributed by atoms with E-state index in [-0.39, 0.29) is 11.9 Å². The first-order valence-electron chi connectivity index (χ1n) is 6.34. The largest absolute Gasteiger partial charge is 0.354 e. The molecule has 1 saturated heterocycles. The van der Waals surface area contributed by atoms with E-state index >= 15 is 0 Å². The van der Waals surface area contributed by atoms with Crippen LogP contribution in [-0.2, 0) is 14.3 Å². The van der Waals surface area contributed by atoms with Gasteiger partial charge in [-0.3, -0.25) is 4.79 Å². The fourth-order valence-corrected chi connectivity index (χ4v) is 3.06. The van der Waals surface area contributed by atoms with Crippen LogP contribution >= 0.6 is 11.8 Å². The number of piperidine rings is 1. The van der Waals surface area contributed by atoms with Crippen molar-refractivity contribution in [2.45, 2.75) is 37.3 Å². The summed E-state index contributed by atoms with van der Waals surface area (Å²) in [7, 11) is 3.14. The summed E-state index contributed by atoms with van der Waals surface area (Å²) in [6.07, 6.45) is 1.90. The summed E-state index contributed by atoms with van der Waals surface area (Å²) in [4.78, 5) is 11.8. The molecule has 5 nitrogen and oxygen atoms in total. The quantitative estimate of drug-likeness (QED) is 0.667. The van der Waals surface area contributed by atoms with Gasteiger partial charge in [-0.1, -0.05) is 0 Å². The molecule has 106 valence electrons. The Balaban J connectivity index is 2.19. The second-order valence-electron chi connectivity index (χ2n) is 4.46. The second-order valence-corrected chi connectivity index (χ2v) is 5.75. The Kier molecular flexibility index (Phi) is 7.65. The number of carbonyl (C=O) groups excluding carboxylic acids is 1. The van der Waals surface area contributed by atoms with Crippen molar-refractivity contribution in [1.82, 2.24) is 10.6 Å². The maximum atomic E-state index is 11.8. The van der Waals surface area contributed by atoms with E-state index in [4.69, 9.17) is 9.47 Å². The second kappa shape index (κ2) is 8.74. The van der Waals surface area contributed by atoms with Crippen LogP contribution < -0.4 is 10.6 Å².